The molecule has 2 N–H and O–H groups in total. The SMILES string of the molecule is COc1c(N2CCOCC2=O)cc(F)cc1S(=O)(=O)N[C@@H](CNC(=O)c1ccc(Cl)s1)C(=O)N1CCCCCC1. The lowest BCUT2D eigenvalue weighted by Crippen LogP contribution is -2.54. The van der Waals surface area contributed by atoms with E-state index in [1.807, 2.05) is 0 Å². The summed E-state index contributed by atoms with van der Waals surface area (Å²) in [7, 11) is -3.40. The summed E-state index contributed by atoms with van der Waals surface area (Å²) in [6.07, 6.45) is 3.42. The molecule has 11 nitrogen and oxygen atoms in total. The zero-order valence-corrected chi connectivity index (χ0v) is 24.2. The normalized spacial score (nSPS) is 17.3. The first-order valence-corrected chi connectivity index (χ1v) is 15.4. The highest BCUT2D eigenvalue weighted by Gasteiger charge is 2.34. The number of carbonyl (C=O) groups excluding carboxylic acids is 3. The Kier molecular flexibility index (Phi) is 10.0. The van der Waals surface area contributed by atoms with Gasteiger partial charge in [0.1, 0.15) is 23.4 Å². The third kappa shape index (κ3) is 7.10. The number of likely N-dealkylation sites (tertiary alicyclic amines) is 1. The Hall–Kier alpha value is -2.78. The van der Waals surface area contributed by atoms with Crippen molar-refractivity contribution < 1.29 is 36.7 Å². The molecule has 1 atom stereocenters. The molecule has 3 amide bonds. The molecule has 1 aromatic heterocycles. The fourth-order valence-electron chi connectivity index (χ4n) is 4.59. The predicted octanol–water partition coefficient (Wildman–Crippen LogP) is 2.39. The summed E-state index contributed by atoms with van der Waals surface area (Å²) in [5.74, 6) is -2.72. The average Bonchev–Trinajstić information content (AvgIpc) is 3.18. The van der Waals surface area contributed by atoms with Crippen molar-refractivity contribution in [3.8, 4) is 5.75 Å². The van der Waals surface area contributed by atoms with Gasteiger partial charge in [0.15, 0.2) is 5.75 Å². The van der Waals surface area contributed by atoms with Gasteiger partial charge in [0.05, 0.1) is 28.6 Å². The van der Waals surface area contributed by atoms with E-state index in [-0.39, 0.29) is 37.7 Å². The van der Waals surface area contributed by atoms with E-state index >= 15 is 0 Å². The summed E-state index contributed by atoms with van der Waals surface area (Å²) in [5, 5.41) is 2.60. The number of anilines is 1. The lowest BCUT2D eigenvalue weighted by Gasteiger charge is -2.29. The van der Waals surface area contributed by atoms with Crippen LogP contribution in [-0.2, 0) is 24.3 Å². The Bertz CT molecular complexity index is 1360. The van der Waals surface area contributed by atoms with E-state index in [1.165, 1.54) is 18.1 Å². The smallest absolute Gasteiger partial charge is 0.261 e. The summed E-state index contributed by atoms with van der Waals surface area (Å²) in [6.45, 7) is 0.515. The summed E-state index contributed by atoms with van der Waals surface area (Å²) in [6, 6.07) is 3.44. The van der Waals surface area contributed by atoms with Crippen LogP contribution < -0.4 is 19.7 Å². The molecule has 218 valence electrons. The zero-order chi connectivity index (χ0) is 28.9. The van der Waals surface area contributed by atoms with Crippen molar-refractivity contribution in [2.24, 2.45) is 0 Å². The van der Waals surface area contributed by atoms with Gasteiger partial charge < -0.3 is 24.6 Å². The van der Waals surface area contributed by atoms with E-state index in [2.05, 4.69) is 10.0 Å². The van der Waals surface area contributed by atoms with Crippen LogP contribution in [0.2, 0.25) is 4.34 Å². The van der Waals surface area contributed by atoms with Crippen molar-refractivity contribution in [3.63, 3.8) is 0 Å². The van der Waals surface area contributed by atoms with Crippen LogP contribution in [0.5, 0.6) is 5.75 Å². The molecular weight excluding hydrogens is 587 g/mol. The lowest BCUT2D eigenvalue weighted by atomic mass is 10.2. The van der Waals surface area contributed by atoms with Gasteiger partial charge in [0.2, 0.25) is 15.9 Å². The van der Waals surface area contributed by atoms with E-state index in [0.717, 1.165) is 49.2 Å². The molecule has 0 spiro atoms. The third-order valence-electron chi connectivity index (χ3n) is 6.55. The first-order chi connectivity index (χ1) is 19.1. The van der Waals surface area contributed by atoms with Crippen LogP contribution in [0.1, 0.15) is 35.4 Å². The van der Waals surface area contributed by atoms with E-state index in [1.54, 1.807) is 11.0 Å². The minimum absolute atomic E-state index is 0.0698. The molecule has 2 saturated heterocycles. The van der Waals surface area contributed by atoms with Gasteiger partial charge in [-0.15, -0.1) is 11.3 Å². The number of methoxy groups -OCH3 is 1. The molecule has 3 heterocycles. The molecule has 0 radical (unpaired) electrons. The number of benzene rings is 1. The largest absolute Gasteiger partial charge is 0.493 e. The molecule has 2 aromatic rings. The third-order valence-corrected chi connectivity index (χ3v) is 9.25. The van der Waals surface area contributed by atoms with Crippen LogP contribution in [-0.4, -0.2) is 83.6 Å². The van der Waals surface area contributed by atoms with Gasteiger partial charge in [-0.1, -0.05) is 24.4 Å². The fraction of sp³-hybridized carbons (Fsp3) is 0.480. The van der Waals surface area contributed by atoms with Gasteiger partial charge in [-0.3, -0.25) is 14.4 Å². The average molecular weight is 617 g/mol. The van der Waals surface area contributed by atoms with Crippen LogP contribution in [0.4, 0.5) is 10.1 Å². The van der Waals surface area contributed by atoms with Crippen molar-refractivity contribution in [1.29, 1.82) is 0 Å². The maximum absolute atomic E-state index is 14.8. The van der Waals surface area contributed by atoms with Gasteiger partial charge in [-0.25, -0.2) is 12.8 Å². The summed E-state index contributed by atoms with van der Waals surface area (Å²) >= 11 is 6.96. The number of hydrogen-bond acceptors (Lipinski definition) is 8. The predicted molar refractivity (Wildman–Crippen MR) is 147 cm³/mol. The first kappa shape index (κ1) is 30.2. The Labute approximate surface area is 240 Å². The Morgan fingerprint density at radius 2 is 1.90 bits per heavy atom. The molecule has 40 heavy (non-hydrogen) atoms. The summed E-state index contributed by atoms with van der Waals surface area (Å²) < 4.78 is 55.4. The van der Waals surface area contributed by atoms with Crippen LogP contribution >= 0.6 is 22.9 Å². The molecule has 0 bridgehead atoms. The maximum atomic E-state index is 14.8. The van der Waals surface area contributed by atoms with Gasteiger partial charge in [0, 0.05) is 32.2 Å². The summed E-state index contributed by atoms with van der Waals surface area (Å²) in [5.41, 5.74) is -0.0746. The lowest BCUT2D eigenvalue weighted by molar-refractivity contribution is -0.132. The second-order valence-electron chi connectivity index (χ2n) is 9.28. The molecule has 2 fully saturated rings. The second-order valence-corrected chi connectivity index (χ2v) is 12.7. The molecule has 15 heteroatoms. The first-order valence-electron chi connectivity index (χ1n) is 12.7. The highest BCUT2D eigenvalue weighted by atomic mass is 35.5. The number of ether oxygens (including phenoxy) is 2. The molecule has 2 aliphatic rings. The monoisotopic (exact) mass is 616 g/mol. The maximum Gasteiger partial charge on any atom is 0.261 e. The van der Waals surface area contributed by atoms with Crippen molar-refractivity contribution in [3.05, 3.63) is 39.3 Å². The number of morpholine rings is 1. The van der Waals surface area contributed by atoms with Gasteiger partial charge in [-0.05, 0) is 31.0 Å². The highest BCUT2D eigenvalue weighted by Crippen LogP contribution is 2.37. The topological polar surface area (TPSA) is 134 Å². The van der Waals surface area contributed by atoms with Crippen LogP contribution in [0.25, 0.3) is 0 Å². The van der Waals surface area contributed by atoms with E-state index in [0.29, 0.717) is 22.3 Å². The second kappa shape index (κ2) is 13.3. The molecule has 4 rings (SSSR count). The van der Waals surface area contributed by atoms with Gasteiger partial charge in [-0.2, -0.15) is 4.72 Å². The van der Waals surface area contributed by atoms with Crippen molar-refractivity contribution in [2.45, 2.75) is 36.6 Å². The minimum atomic E-state index is -4.61. The zero-order valence-electron chi connectivity index (χ0n) is 21.8. The van der Waals surface area contributed by atoms with E-state index in [9.17, 15) is 27.2 Å². The highest BCUT2D eigenvalue weighted by molar-refractivity contribution is 7.89. The number of halogens is 2. The van der Waals surface area contributed by atoms with Crippen LogP contribution in [0.3, 0.4) is 0 Å². The standard InChI is InChI=1S/C25H30ClFN4O7S2/c1-37-23-18(31-10-11-38-15-22(31)32)12-16(27)13-20(23)40(35,36)29-17(25(34)30-8-4-2-3-5-9-30)14-28-24(33)19-6-7-21(26)39-19/h6-7,12-13,17,29H,2-5,8-11,14-15H2,1H3,(H,28,33)/t17-/m0/s1. The number of hydrogen-bond donors (Lipinski definition) is 2. The number of sulfonamides is 1. The molecule has 0 unspecified atom stereocenters. The van der Waals surface area contributed by atoms with Crippen molar-refractivity contribution >= 4 is 56.4 Å². The molecule has 1 aromatic carbocycles. The van der Waals surface area contributed by atoms with Crippen LogP contribution in [0, 0.1) is 5.82 Å². The van der Waals surface area contributed by atoms with Crippen LogP contribution in [0.15, 0.2) is 29.2 Å². The number of carbonyl (C=O) groups is 3. The number of thiophene rings is 1. The van der Waals surface area contributed by atoms with Gasteiger partial charge in [0.25, 0.3) is 11.8 Å². The Morgan fingerprint density at radius 3 is 2.52 bits per heavy atom. The van der Waals surface area contributed by atoms with Crippen molar-refractivity contribution in [1.82, 2.24) is 14.9 Å². The number of rotatable bonds is 9. The molecule has 0 saturated carbocycles. The molecular formula is C25H30ClFN4O7S2. The quantitative estimate of drug-likeness (QED) is 0.442. The summed E-state index contributed by atoms with van der Waals surface area (Å²) in [4.78, 5) is 41.1. The molecule has 0 aliphatic carbocycles. The van der Waals surface area contributed by atoms with Crippen molar-refractivity contribution in [2.75, 3.05) is 51.4 Å². The fourth-order valence-corrected chi connectivity index (χ4v) is 6.94. The Morgan fingerprint density at radius 1 is 1.18 bits per heavy atom. The number of nitrogens with zero attached hydrogens (tertiary/aromatic N) is 2. The number of nitrogens with one attached hydrogen (secondary N) is 2. The van der Waals surface area contributed by atoms with E-state index < -0.39 is 44.5 Å². The van der Waals surface area contributed by atoms with E-state index in [4.69, 9.17) is 21.1 Å². The number of amides is 3. The minimum Gasteiger partial charge on any atom is -0.493 e. The molecule has 2 aliphatic heterocycles. The van der Waals surface area contributed by atoms with Gasteiger partial charge >= 0.3 is 0 Å². The Balaban J connectivity index is 1.65.